The molecule has 0 bridgehead atoms. The molecule has 0 aromatic heterocycles. The number of rotatable bonds is 6. The van der Waals surface area contributed by atoms with E-state index in [0.29, 0.717) is 19.6 Å². The Balaban J connectivity index is 2.42. The zero-order valence-electron chi connectivity index (χ0n) is 10.4. The molecular formula is C13H20N2O2. The van der Waals surface area contributed by atoms with E-state index in [1.54, 1.807) is 19.1 Å². The summed E-state index contributed by atoms with van der Waals surface area (Å²) < 4.78 is 4.94. The van der Waals surface area contributed by atoms with E-state index in [1.807, 2.05) is 30.3 Å². The second kappa shape index (κ2) is 7.04. The van der Waals surface area contributed by atoms with Crippen molar-refractivity contribution in [3.8, 4) is 0 Å². The van der Waals surface area contributed by atoms with Gasteiger partial charge in [0.1, 0.15) is 0 Å². The van der Waals surface area contributed by atoms with E-state index < -0.39 is 0 Å². The molecule has 0 saturated heterocycles. The normalized spacial score (nSPS) is 12.2. The van der Waals surface area contributed by atoms with Gasteiger partial charge in [0.15, 0.2) is 0 Å². The minimum absolute atomic E-state index is 0.0720. The van der Waals surface area contributed by atoms with Gasteiger partial charge in [-0.25, -0.2) is 0 Å². The van der Waals surface area contributed by atoms with E-state index in [0.717, 1.165) is 5.56 Å². The fourth-order valence-corrected chi connectivity index (χ4v) is 1.63. The van der Waals surface area contributed by atoms with Gasteiger partial charge in [0.05, 0.1) is 13.0 Å². The van der Waals surface area contributed by atoms with Crippen LogP contribution in [0.25, 0.3) is 0 Å². The maximum atomic E-state index is 11.9. The van der Waals surface area contributed by atoms with E-state index in [2.05, 4.69) is 0 Å². The molecule has 0 heterocycles. The van der Waals surface area contributed by atoms with Crippen LogP contribution < -0.4 is 5.73 Å². The number of methoxy groups -OCH3 is 1. The molecular weight excluding hydrogens is 216 g/mol. The molecule has 1 atom stereocenters. The Morgan fingerprint density at radius 3 is 2.65 bits per heavy atom. The Morgan fingerprint density at radius 1 is 1.41 bits per heavy atom. The standard InChI is InChI=1S/C13H20N2O2/c1-15(9-12(14)10-17-2)13(16)8-11-6-4-3-5-7-11/h3-7,12H,8-10,14H2,1-2H3. The average molecular weight is 236 g/mol. The molecule has 0 aliphatic heterocycles. The summed E-state index contributed by atoms with van der Waals surface area (Å²) in [5, 5.41) is 0. The molecule has 1 aromatic rings. The summed E-state index contributed by atoms with van der Waals surface area (Å²) in [6.07, 6.45) is 0.414. The van der Waals surface area contributed by atoms with Gasteiger partial charge in [0, 0.05) is 26.7 Å². The Hall–Kier alpha value is -1.39. The highest BCUT2D eigenvalue weighted by Crippen LogP contribution is 2.02. The van der Waals surface area contributed by atoms with Crippen LogP contribution >= 0.6 is 0 Å². The highest BCUT2D eigenvalue weighted by molar-refractivity contribution is 5.78. The smallest absolute Gasteiger partial charge is 0.226 e. The van der Waals surface area contributed by atoms with Crippen LogP contribution in [-0.4, -0.2) is 44.2 Å². The molecule has 0 radical (unpaired) electrons. The third kappa shape index (κ3) is 4.97. The molecule has 1 amide bonds. The Kier molecular flexibility index (Phi) is 5.66. The van der Waals surface area contributed by atoms with Gasteiger partial charge < -0.3 is 15.4 Å². The number of hydrogen-bond acceptors (Lipinski definition) is 3. The first-order valence-corrected chi connectivity index (χ1v) is 5.66. The highest BCUT2D eigenvalue weighted by Gasteiger charge is 2.12. The predicted octanol–water partition coefficient (Wildman–Crippen LogP) is 0.661. The van der Waals surface area contributed by atoms with Crippen LogP contribution in [0, 0.1) is 0 Å². The number of carbonyl (C=O) groups is 1. The topological polar surface area (TPSA) is 55.6 Å². The molecule has 4 heteroatoms. The van der Waals surface area contributed by atoms with E-state index >= 15 is 0 Å². The van der Waals surface area contributed by atoms with Crippen LogP contribution in [0.15, 0.2) is 30.3 Å². The van der Waals surface area contributed by atoms with Crippen LogP contribution in [-0.2, 0) is 16.0 Å². The van der Waals surface area contributed by atoms with Crippen LogP contribution in [0.1, 0.15) is 5.56 Å². The largest absolute Gasteiger partial charge is 0.383 e. The first kappa shape index (κ1) is 13.7. The van der Waals surface area contributed by atoms with Crippen molar-refractivity contribution in [1.82, 2.24) is 4.90 Å². The lowest BCUT2D eigenvalue weighted by atomic mass is 10.1. The second-order valence-electron chi connectivity index (χ2n) is 4.15. The molecule has 1 rings (SSSR count). The van der Waals surface area contributed by atoms with Crippen LogP contribution in [0.5, 0.6) is 0 Å². The van der Waals surface area contributed by atoms with Crippen LogP contribution in [0.2, 0.25) is 0 Å². The van der Waals surface area contributed by atoms with Crippen molar-refractivity contribution in [3.05, 3.63) is 35.9 Å². The molecule has 17 heavy (non-hydrogen) atoms. The number of benzene rings is 1. The lowest BCUT2D eigenvalue weighted by Crippen LogP contribution is -2.41. The number of ether oxygens (including phenoxy) is 1. The molecule has 0 aliphatic rings. The molecule has 0 saturated carbocycles. The van der Waals surface area contributed by atoms with Gasteiger partial charge in [0.2, 0.25) is 5.91 Å². The highest BCUT2D eigenvalue weighted by atomic mass is 16.5. The van der Waals surface area contributed by atoms with Gasteiger partial charge >= 0.3 is 0 Å². The van der Waals surface area contributed by atoms with Crippen molar-refractivity contribution in [2.24, 2.45) is 5.73 Å². The first-order chi connectivity index (χ1) is 8.13. The fraction of sp³-hybridized carbons (Fsp3) is 0.462. The van der Waals surface area contributed by atoms with E-state index in [-0.39, 0.29) is 11.9 Å². The summed E-state index contributed by atoms with van der Waals surface area (Å²) in [5.74, 6) is 0.0720. The third-order valence-electron chi connectivity index (χ3n) is 2.51. The monoisotopic (exact) mass is 236 g/mol. The number of likely N-dealkylation sites (N-methyl/N-ethyl adjacent to an activating group) is 1. The summed E-state index contributed by atoms with van der Waals surface area (Å²) in [7, 11) is 3.37. The van der Waals surface area contributed by atoms with E-state index in [1.165, 1.54) is 0 Å². The summed E-state index contributed by atoms with van der Waals surface area (Å²) >= 11 is 0. The van der Waals surface area contributed by atoms with Crippen molar-refractivity contribution < 1.29 is 9.53 Å². The van der Waals surface area contributed by atoms with Crippen molar-refractivity contribution in [2.45, 2.75) is 12.5 Å². The molecule has 2 N–H and O–H groups in total. The minimum atomic E-state index is -0.135. The molecule has 0 aliphatic carbocycles. The summed E-state index contributed by atoms with van der Waals surface area (Å²) in [6, 6.07) is 9.55. The minimum Gasteiger partial charge on any atom is -0.383 e. The van der Waals surface area contributed by atoms with Crippen molar-refractivity contribution in [2.75, 3.05) is 27.3 Å². The van der Waals surface area contributed by atoms with Gasteiger partial charge in [-0.05, 0) is 5.56 Å². The van der Waals surface area contributed by atoms with Crippen molar-refractivity contribution in [3.63, 3.8) is 0 Å². The second-order valence-corrected chi connectivity index (χ2v) is 4.15. The van der Waals surface area contributed by atoms with Crippen molar-refractivity contribution >= 4 is 5.91 Å². The maximum Gasteiger partial charge on any atom is 0.226 e. The number of nitrogens with two attached hydrogens (primary N) is 1. The quantitative estimate of drug-likeness (QED) is 0.789. The molecule has 0 fully saturated rings. The molecule has 0 spiro atoms. The van der Waals surface area contributed by atoms with E-state index in [9.17, 15) is 4.79 Å². The summed E-state index contributed by atoms with van der Waals surface area (Å²) in [6.45, 7) is 0.975. The van der Waals surface area contributed by atoms with Gasteiger partial charge in [0.25, 0.3) is 0 Å². The van der Waals surface area contributed by atoms with Gasteiger partial charge in [-0.15, -0.1) is 0 Å². The summed E-state index contributed by atoms with van der Waals surface area (Å²) in [5.41, 5.74) is 6.82. The number of nitrogens with zero attached hydrogens (tertiary/aromatic N) is 1. The Labute approximate surface area is 102 Å². The maximum absolute atomic E-state index is 11.9. The van der Waals surface area contributed by atoms with Gasteiger partial charge in [-0.2, -0.15) is 0 Å². The third-order valence-corrected chi connectivity index (χ3v) is 2.51. The molecule has 1 aromatic carbocycles. The zero-order chi connectivity index (χ0) is 12.7. The lowest BCUT2D eigenvalue weighted by molar-refractivity contribution is -0.129. The van der Waals surface area contributed by atoms with Gasteiger partial charge in [-0.1, -0.05) is 30.3 Å². The van der Waals surface area contributed by atoms with Crippen LogP contribution in [0.3, 0.4) is 0 Å². The average Bonchev–Trinajstić information content (AvgIpc) is 2.30. The van der Waals surface area contributed by atoms with Gasteiger partial charge in [-0.3, -0.25) is 4.79 Å². The SMILES string of the molecule is COCC(N)CN(C)C(=O)Cc1ccccc1. The number of hydrogen-bond donors (Lipinski definition) is 1. The summed E-state index contributed by atoms with van der Waals surface area (Å²) in [4.78, 5) is 13.5. The molecule has 94 valence electrons. The predicted molar refractivity (Wildman–Crippen MR) is 67.6 cm³/mol. The Bertz CT molecular complexity index is 341. The molecule has 1 unspecified atom stereocenters. The van der Waals surface area contributed by atoms with Crippen molar-refractivity contribution in [1.29, 1.82) is 0 Å². The Morgan fingerprint density at radius 2 is 2.06 bits per heavy atom. The first-order valence-electron chi connectivity index (χ1n) is 5.66. The zero-order valence-corrected chi connectivity index (χ0v) is 10.4. The van der Waals surface area contributed by atoms with E-state index in [4.69, 9.17) is 10.5 Å². The fourth-order valence-electron chi connectivity index (χ4n) is 1.63. The molecule has 4 nitrogen and oxygen atoms in total. The lowest BCUT2D eigenvalue weighted by Gasteiger charge is -2.21. The van der Waals surface area contributed by atoms with Crippen LogP contribution in [0.4, 0.5) is 0 Å². The number of carbonyl (C=O) groups excluding carboxylic acids is 1. The number of amides is 1.